The third-order valence-electron chi connectivity index (χ3n) is 20.0. The van der Waals surface area contributed by atoms with E-state index in [-0.39, 0.29) is 0 Å². The first-order chi connectivity index (χ1) is 46.8. The van der Waals surface area contributed by atoms with Crippen molar-refractivity contribution in [3.8, 4) is 22.7 Å². The molecule has 8 nitrogen and oxygen atoms in total. The highest BCUT2D eigenvalue weighted by atomic mass is 32.1. The standard InChI is InChI=1S/2C42H28N2O2S2/c1-21-5-11-25(12-6-21)43-31-17-23(3)9-15-27(31)37-35(43)41-39(45-37)29-19-34-30(20-33(29)47-41)40-42(48-34)36-38(46-40)28-16-10-24(4)18-32(28)44(36)26-13-7-22(2)8-14-26;1-21-5-11-25(12-6-21)43-35-27-15-9-23(3)17-31(27)45-39(35)41-37(43)29-19-34-30(20-33(29)47-41)38-42(48-34)40-36(28-16-10-24(4)18-32(28)46-40)44(38)26-13-7-22(2)8-14-26/h2*5-20H,1-4H3. The predicted molar refractivity (Wildman–Crippen MR) is 409 cm³/mol. The summed E-state index contributed by atoms with van der Waals surface area (Å²) in [5.74, 6) is 0. The average molecular weight is 1310 g/mol. The largest absolute Gasteiger partial charge is 0.453 e. The van der Waals surface area contributed by atoms with Crippen LogP contribution in [0.3, 0.4) is 0 Å². The summed E-state index contributed by atoms with van der Waals surface area (Å²) in [5, 5.41) is 9.38. The molecule has 10 aromatic carbocycles. The number of nitrogens with zero attached hydrogens (tertiary/aromatic N) is 4. The van der Waals surface area contributed by atoms with E-state index in [0.29, 0.717) is 0 Å². The molecule has 0 unspecified atom stereocenters. The quantitative estimate of drug-likeness (QED) is 0.176. The zero-order chi connectivity index (χ0) is 64.0. The Morgan fingerprint density at radius 1 is 0.219 bits per heavy atom. The second-order valence-electron chi connectivity index (χ2n) is 26.6. The molecule has 12 heterocycles. The maximum Gasteiger partial charge on any atom is 0.171 e. The van der Waals surface area contributed by atoms with Gasteiger partial charge < -0.3 is 35.9 Å². The van der Waals surface area contributed by atoms with Gasteiger partial charge in [0.2, 0.25) is 0 Å². The highest BCUT2D eigenvalue weighted by Crippen LogP contribution is 2.54. The van der Waals surface area contributed by atoms with E-state index in [4.69, 9.17) is 17.7 Å². The molecule has 96 heavy (non-hydrogen) atoms. The fourth-order valence-electron chi connectivity index (χ4n) is 15.3. The van der Waals surface area contributed by atoms with Crippen molar-refractivity contribution >= 4 is 215 Å². The summed E-state index contributed by atoms with van der Waals surface area (Å²) in [5.41, 5.74) is 31.4. The van der Waals surface area contributed by atoms with E-state index < -0.39 is 0 Å². The van der Waals surface area contributed by atoms with Crippen LogP contribution >= 0.6 is 45.3 Å². The Hall–Kier alpha value is -10.6. The first-order valence-electron chi connectivity index (χ1n) is 32.5. The van der Waals surface area contributed by atoms with Gasteiger partial charge in [-0.25, -0.2) is 0 Å². The molecule has 0 amide bonds. The molecule has 0 saturated heterocycles. The van der Waals surface area contributed by atoms with Crippen molar-refractivity contribution in [3.05, 3.63) is 239 Å². The maximum absolute atomic E-state index is 6.86. The molecule has 0 aliphatic rings. The van der Waals surface area contributed by atoms with Crippen LogP contribution in [0.2, 0.25) is 0 Å². The smallest absolute Gasteiger partial charge is 0.171 e. The van der Waals surface area contributed by atoms with Crippen LogP contribution in [0.4, 0.5) is 0 Å². The van der Waals surface area contributed by atoms with Crippen molar-refractivity contribution in [2.75, 3.05) is 0 Å². The van der Waals surface area contributed by atoms with Crippen LogP contribution in [-0.2, 0) is 0 Å². The molecule has 460 valence electrons. The summed E-state index contributed by atoms with van der Waals surface area (Å²) in [7, 11) is 0. The minimum absolute atomic E-state index is 0.934. The Morgan fingerprint density at radius 2 is 0.510 bits per heavy atom. The number of fused-ring (bicyclic) bond motifs is 28. The Balaban J connectivity index is 0.000000127. The van der Waals surface area contributed by atoms with E-state index in [1.165, 1.54) is 115 Å². The minimum Gasteiger partial charge on any atom is -0.453 e. The lowest BCUT2D eigenvalue weighted by atomic mass is 10.1. The predicted octanol–water partition coefficient (Wildman–Crippen LogP) is 26.1. The van der Waals surface area contributed by atoms with E-state index in [0.717, 1.165) is 122 Å². The van der Waals surface area contributed by atoms with Gasteiger partial charge in [-0.05, 0) is 199 Å². The van der Waals surface area contributed by atoms with Crippen molar-refractivity contribution in [2.24, 2.45) is 0 Å². The number of hydrogen-bond acceptors (Lipinski definition) is 8. The van der Waals surface area contributed by atoms with E-state index >= 15 is 0 Å². The summed E-state index contributed by atoms with van der Waals surface area (Å²) in [6.45, 7) is 17.1. The fourth-order valence-corrected chi connectivity index (χ4v) is 20.1. The highest BCUT2D eigenvalue weighted by molar-refractivity contribution is 7.29. The van der Waals surface area contributed by atoms with Gasteiger partial charge in [-0.15, -0.1) is 45.3 Å². The van der Waals surface area contributed by atoms with Gasteiger partial charge in [0.15, 0.2) is 33.5 Å². The van der Waals surface area contributed by atoms with E-state index in [9.17, 15) is 0 Å². The minimum atomic E-state index is 0.934. The lowest BCUT2D eigenvalue weighted by molar-refractivity contribution is 0.672. The zero-order valence-electron chi connectivity index (χ0n) is 53.5. The van der Waals surface area contributed by atoms with Crippen molar-refractivity contribution in [3.63, 3.8) is 0 Å². The van der Waals surface area contributed by atoms with Crippen LogP contribution < -0.4 is 0 Å². The van der Waals surface area contributed by atoms with Gasteiger partial charge in [0.25, 0.3) is 0 Å². The van der Waals surface area contributed by atoms with Crippen LogP contribution in [0.5, 0.6) is 0 Å². The van der Waals surface area contributed by atoms with Gasteiger partial charge in [-0.3, -0.25) is 0 Å². The summed E-state index contributed by atoms with van der Waals surface area (Å²) < 4.78 is 46.4. The summed E-state index contributed by atoms with van der Waals surface area (Å²) >= 11 is 7.29. The molecule has 0 spiro atoms. The Kier molecular flexibility index (Phi) is 11.1. The van der Waals surface area contributed by atoms with E-state index in [1.54, 1.807) is 0 Å². The normalized spacial score (nSPS) is 12.6. The topological polar surface area (TPSA) is 72.3 Å². The monoisotopic (exact) mass is 1310 g/mol. The molecule has 22 rings (SSSR count). The van der Waals surface area contributed by atoms with Gasteiger partial charge in [-0.1, -0.05) is 95.1 Å². The Bertz CT molecular complexity index is 6700. The lowest BCUT2D eigenvalue weighted by Gasteiger charge is -2.09. The van der Waals surface area contributed by atoms with Crippen molar-refractivity contribution in [2.45, 2.75) is 55.4 Å². The number of rotatable bonds is 4. The number of aryl methyl sites for hydroxylation is 8. The van der Waals surface area contributed by atoms with Gasteiger partial charge in [0.05, 0.1) is 40.9 Å². The van der Waals surface area contributed by atoms with Crippen LogP contribution in [0.25, 0.3) is 192 Å². The highest BCUT2D eigenvalue weighted by Gasteiger charge is 2.30. The molecule has 0 aliphatic heterocycles. The molecule has 0 N–H and O–H groups in total. The number of thiophene rings is 4. The summed E-state index contributed by atoms with van der Waals surface area (Å²) in [6, 6.07) is 71.2. The van der Waals surface area contributed by atoms with E-state index in [2.05, 4.69) is 268 Å². The fraction of sp³-hybridized carbons (Fsp3) is 0.0952. The third kappa shape index (κ3) is 7.58. The molecule has 0 radical (unpaired) electrons. The van der Waals surface area contributed by atoms with E-state index in [1.807, 2.05) is 45.3 Å². The van der Waals surface area contributed by atoms with Crippen molar-refractivity contribution in [1.29, 1.82) is 0 Å². The average Bonchev–Trinajstić information content (AvgIpc) is 1.54. The van der Waals surface area contributed by atoms with Crippen molar-refractivity contribution in [1.82, 2.24) is 18.3 Å². The Morgan fingerprint density at radius 3 is 0.875 bits per heavy atom. The van der Waals surface area contributed by atoms with Gasteiger partial charge in [0.1, 0.15) is 33.2 Å². The molecule has 12 heteroatoms. The van der Waals surface area contributed by atoms with Gasteiger partial charge in [-0.2, -0.15) is 0 Å². The zero-order valence-corrected chi connectivity index (χ0v) is 56.8. The van der Waals surface area contributed by atoms with Crippen LogP contribution in [0.1, 0.15) is 44.5 Å². The Labute approximate surface area is 563 Å². The SMILES string of the molecule is Cc1ccc(-n2c3c4ccc(C)cc4oc3c3sc4cc5c(cc4c32)sc2c3oc4cc(C)ccc4c3n(-c3ccc(C)cc3)c52)cc1.Cc1ccc(-n2c3cc(C)ccc3c3oc4c5cc6sc7c(oc8c9ccc(C)cc9n(-c9ccc(C)cc9)c87)c6cc5sc4c32)cc1. The molecule has 0 saturated carbocycles. The van der Waals surface area contributed by atoms with Gasteiger partial charge >= 0.3 is 0 Å². The molecule has 0 bridgehead atoms. The maximum atomic E-state index is 6.86. The summed E-state index contributed by atoms with van der Waals surface area (Å²) in [6.07, 6.45) is 0. The van der Waals surface area contributed by atoms with Crippen LogP contribution in [-0.4, -0.2) is 18.3 Å². The molecule has 0 fully saturated rings. The molecule has 0 atom stereocenters. The second kappa shape index (κ2) is 19.5. The first-order valence-corrected chi connectivity index (χ1v) is 35.8. The van der Waals surface area contributed by atoms with Crippen LogP contribution in [0.15, 0.2) is 212 Å². The number of benzene rings is 10. The molecule has 0 aliphatic carbocycles. The second-order valence-corrected chi connectivity index (χ2v) is 30.8. The molecular weight excluding hydrogens is 1260 g/mol. The molecule has 12 aromatic heterocycles. The summed E-state index contributed by atoms with van der Waals surface area (Å²) in [4.78, 5) is 0. The first kappa shape index (κ1) is 54.8. The lowest BCUT2D eigenvalue weighted by Crippen LogP contribution is -1.94. The van der Waals surface area contributed by atoms with Crippen molar-refractivity contribution < 1.29 is 17.7 Å². The van der Waals surface area contributed by atoms with Gasteiger partial charge in [0, 0.05) is 84.6 Å². The number of furan rings is 4. The number of aromatic nitrogens is 4. The van der Waals surface area contributed by atoms with Crippen LogP contribution in [0, 0.1) is 55.4 Å². The molecule has 22 aromatic rings. The number of hydrogen-bond donors (Lipinski definition) is 0. The third-order valence-corrected chi connectivity index (χ3v) is 24.5. The molecular formula is C84H56N4O4S4.